The number of H-pyrrole nitrogens is 1. The molecule has 1 aliphatic heterocycles. The normalized spacial score (nSPS) is 14.5. The van der Waals surface area contributed by atoms with E-state index in [4.69, 9.17) is 16.3 Å². The summed E-state index contributed by atoms with van der Waals surface area (Å²) in [6, 6.07) is 10.6. The minimum absolute atomic E-state index is 0.0369. The molecule has 234 valence electrons. The molecule has 0 spiro atoms. The van der Waals surface area contributed by atoms with Gasteiger partial charge >= 0.3 is 0 Å². The van der Waals surface area contributed by atoms with Gasteiger partial charge in [0.1, 0.15) is 17.0 Å². The van der Waals surface area contributed by atoms with Gasteiger partial charge in [-0.3, -0.25) is 19.5 Å². The van der Waals surface area contributed by atoms with Crippen LogP contribution in [0.4, 0.5) is 11.4 Å². The van der Waals surface area contributed by atoms with Gasteiger partial charge in [-0.05, 0) is 57.3 Å². The molecule has 4 rings (SSSR count). The lowest BCUT2D eigenvalue weighted by molar-refractivity contribution is -0.111. The monoisotopic (exact) mass is 643 g/mol. The van der Waals surface area contributed by atoms with E-state index in [1.165, 1.54) is 35.8 Å². The summed E-state index contributed by atoms with van der Waals surface area (Å²) in [6.45, 7) is 0.948. The number of nitrogens with one attached hydrogen (secondary N) is 4. The standard InChI is InChI=1S/C29H34ClN7O6S/c1-36(2)14-6-11-25(38)32-20-7-4-8-21(17-20)44(41,42)37-15-12-19(13-16-37)33-29(40)27-23(18-31-35-27)34-28(39)26-22(30)9-5-10-24(26)43-3/h4-11,17-19H,12-16H2,1-3H3,(H,31,35)(H,32,38)(H,33,40)(H,34,39). The fraction of sp³-hybridized carbons (Fsp3) is 0.310. The van der Waals surface area contributed by atoms with Gasteiger partial charge in [0, 0.05) is 37.4 Å². The van der Waals surface area contributed by atoms with Gasteiger partial charge in [-0.2, -0.15) is 9.40 Å². The van der Waals surface area contributed by atoms with Gasteiger partial charge in [0.05, 0.1) is 28.9 Å². The van der Waals surface area contributed by atoms with Crippen LogP contribution in [0.5, 0.6) is 5.75 Å². The van der Waals surface area contributed by atoms with E-state index in [0.29, 0.717) is 25.1 Å². The highest BCUT2D eigenvalue weighted by atomic mass is 35.5. The van der Waals surface area contributed by atoms with Crippen LogP contribution in [-0.4, -0.2) is 92.4 Å². The highest BCUT2D eigenvalue weighted by molar-refractivity contribution is 7.89. The fourth-order valence-electron chi connectivity index (χ4n) is 4.57. The Kier molecular flexibility index (Phi) is 10.8. The number of ether oxygens (including phenoxy) is 1. The summed E-state index contributed by atoms with van der Waals surface area (Å²) in [5.41, 5.74) is 0.662. The van der Waals surface area contributed by atoms with Gasteiger partial charge < -0.3 is 25.6 Å². The van der Waals surface area contributed by atoms with Gasteiger partial charge in [-0.1, -0.05) is 29.8 Å². The molecule has 0 bridgehead atoms. The summed E-state index contributed by atoms with van der Waals surface area (Å²) in [6.07, 6.45) is 5.15. The third-order valence-corrected chi connectivity index (χ3v) is 9.01. The van der Waals surface area contributed by atoms with Crippen molar-refractivity contribution in [1.29, 1.82) is 0 Å². The van der Waals surface area contributed by atoms with Crippen molar-refractivity contribution in [1.82, 2.24) is 24.7 Å². The van der Waals surface area contributed by atoms with E-state index >= 15 is 0 Å². The molecule has 13 nitrogen and oxygen atoms in total. The van der Waals surface area contributed by atoms with Gasteiger partial charge in [0.25, 0.3) is 11.8 Å². The summed E-state index contributed by atoms with van der Waals surface area (Å²) in [5, 5.41) is 14.9. The minimum Gasteiger partial charge on any atom is -0.496 e. The maximum atomic E-state index is 13.4. The van der Waals surface area contributed by atoms with Crippen molar-refractivity contribution in [3.63, 3.8) is 0 Å². The minimum atomic E-state index is -3.84. The number of carbonyl (C=O) groups excluding carboxylic acids is 3. The first-order valence-corrected chi connectivity index (χ1v) is 15.5. The SMILES string of the molecule is COc1cccc(Cl)c1C(=O)Nc1cn[nH]c1C(=O)NC1CCN(S(=O)(=O)c2cccc(NC(=O)C=CCN(C)C)c2)CC1. The highest BCUT2D eigenvalue weighted by Gasteiger charge is 2.31. The maximum Gasteiger partial charge on any atom is 0.271 e. The molecule has 0 unspecified atom stereocenters. The Balaban J connectivity index is 1.34. The number of aromatic amines is 1. The number of hydrogen-bond donors (Lipinski definition) is 4. The third kappa shape index (κ3) is 8.02. The summed E-state index contributed by atoms with van der Waals surface area (Å²) in [7, 11) is 1.34. The van der Waals surface area contributed by atoms with Crippen LogP contribution < -0.4 is 20.7 Å². The predicted molar refractivity (Wildman–Crippen MR) is 167 cm³/mol. The number of aromatic nitrogens is 2. The fourth-order valence-corrected chi connectivity index (χ4v) is 6.34. The molecule has 3 aromatic rings. The van der Waals surface area contributed by atoms with Crippen molar-refractivity contribution >= 4 is 50.7 Å². The second-order valence-electron chi connectivity index (χ2n) is 10.3. The van der Waals surface area contributed by atoms with E-state index in [1.807, 2.05) is 19.0 Å². The molecule has 0 atom stereocenters. The summed E-state index contributed by atoms with van der Waals surface area (Å²) in [4.78, 5) is 40.2. The molecule has 0 saturated carbocycles. The number of halogens is 1. The largest absolute Gasteiger partial charge is 0.496 e. The Labute approximate surface area is 260 Å². The Morgan fingerprint density at radius 3 is 2.55 bits per heavy atom. The quantitative estimate of drug-likeness (QED) is 0.232. The number of hydrogen-bond acceptors (Lipinski definition) is 8. The Morgan fingerprint density at radius 1 is 1.11 bits per heavy atom. The lowest BCUT2D eigenvalue weighted by Crippen LogP contribution is -2.46. The molecule has 2 aromatic carbocycles. The molecule has 3 amide bonds. The number of methoxy groups -OCH3 is 1. The zero-order valence-electron chi connectivity index (χ0n) is 24.5. The van der Waals surface area contributed by atoms with Gasteiger partial charge in [0.15, 0.2) is 0 Å². The second kappa shape index (κ2) is 14.5. The first-order chi connectivity index (χ1) is 21.0. The molecule has 1 aliphatic rings. The number of amides is 3. The van der Waals surface area contributed by atoms with Crippen LogP contribution in [0.2, 0.25) is 5.02 Å². The summed E-state index contributed by atoms with van der Waals surface area (Å²) in [5.74, 6) is -1.17. The number of sulfonamides is 1. The van der Waals surface area contributed by atoms with Crippen molar-refractivity contribution in [2.24, 2.45) is 0 Å². The molecule has 4 N–H and O–H groups in total. The molecular weight excluding hydrogens is 610 g/mol. The zero-order chi connectivity index (χ0) is 31.9. The number of nitrogens with zero attached hydrogens (tertiary/aromatic N) is 3. The van der Waals surface area contributed by atoms with E-state index in [1.54, 1.807) is 36.4 Å². The van der Waals surface area contributed by atoms with Crippen LogP contribution in [0, 0.1) is 0 Å². The first-order valence-electron chi connectivity index (χ1n) is 13.7. The molecule has 0 aliphatic carbocycles. The number of likely N-dealkylation sites (N-methyl/N-ethyl adjacent to an activating group) is 1. The lowest BCUT2D eigenvalue weighted by atomic mass is 10.1. The molecule has 2 heterocycles. The number of rotatable bonds is 11. The van der Waals surface area contributed by atoms with Crippen LogP contribution in [-0.2, 0) is 14.8 Å². The topological polar surface area (TPSA) is 166 Å². The lowest BCUT2D eigenvalue weighted by Gasteiger charge is -2.31. The molecule has 15 heteroatoms. The van der Waals surface area contributed by atoms with Crippen LogP contribution in [0.3, 0.4) is 0 Å². The Bertz CT molecular complexity index is 1650. The average molecular weight is 644 g/mol. The van der Waals surface area contributed by atoms with E-state index in [-0.39, 0.29) is 57.7 Å². The molecule has 1 aromatic heterocycles. The van der Waals surface area contributed by atoms with Crippen LogP contribution in [0.1, 0.15) is 33.7 Å². The van der Waals surface area contributed by atoms with Crippen molar-refractivity contribution in [3.8, 4) is 5.75 Å². The Morgan fingerprint density at radius 2 is 1.84 bits per heavy atom. The van der Waals surface area contributed by atoms with Gasteiger partial charge in [0.2, 0.25) is 15.9 Å². The summed E-state index contributed by atoms with van der Waals surface area (Å²) < 4.78 is 33.3. The molecule has 1 fully saturated rings. The van der Waals surface area contributed by atoms with Gasteiger partial charge in [-0.15, -0.1) is 0 Å². The smallest absolute Gasteiger partial charge is 0.271 e. The van der Waals surface area contributed by atoms with Crippen LogP contribution in [0.25, 0.3) is 0 Å². The van der Waals surface area contributed by atoms with Crippen molar-refractivity contribution in [2.45, 2.75) is 23.8 Å². The number of carbonyl (C=O) groups is 3. The van der Waals surface area contributed by atoms with Crippen LogP contribution in [0.15, 0.2) is 65.7 Å². The molecule has 0 radical (unpaired) electrons. The van der Waals surface area contributed by atoms with Crippen molar-refractivity contribution < 1.29 is 27.5 Å². The molecular formula is C29H34ClN7O6S. The van der Waals surface area contributed by atoms with Crippen molar-refractivity contribution in [3.05, 3.63) is 77.1 Å². The molecule has 44 heavy (non-hydrogen) atoms. The Hall–Kier alpha value is -4.24. The number of benzene rings is 2. The van der Waals surface area contributed by atoms with E-state index in [9.17, 15) is 22.8 Å². The zero-order valence-corrected chi connectivity index (χ0v) is 26.0. The molecule has 1 saturated heterocycles. The number of anilines is 2. The van der Waals surface area contributed by atoms with Gasteiger partial charge in [-0.25, -0.2) is 8.42 Å². The highest BCUT2D eigenvalue weighted by Crippen LogP contribution is 2.28. The van der Waals surface area contributed by atoms with Crippen LogP contribution >= 0.6 is 11.6 Å². The predicted octanol–water partition coefficient (Wildman–Crippen LogP) is 2.96. The number of piperidine rings is 1. The maximum absolute atomic E-state index is 13.4. The average Bonchev–Trinajstić information content (AvgIpc) is 3.45. The second-order valence-corrected chi connectivity index (χ2v) is 12.6. The van der Waals surface area contributed by atoms with E-state index < -0.39 is 21.8 Å². The third-order valence-electron chi connectivity index (χ3n) is 6.81. The van der Waals surface area contributed by atoms with E-state index in [0.717, 1.165) is 0 Å². The first kappa shape index (κ1) is 32.7. The van der Waals surface area contributed by atoms with E-state index in [2.05, 4.69) is 26.1 Å². The van der Waals surface area contributed by atoms with Crippen molar-refractivity contribution in [2.75, 3.05) is 51.5 Å². The summed E-state index contributed by atoms with van der Waals surface area (Å²) >= 11 is 6.20.